The van der Waals surface area contributed by atoms with Gasteiger partial charge in [0.1, 0.15) is 17.4 Å². The second-order valence-corrected chi connectivity index (χ2v) is 6.53. The molecule has 0 aliphatic heterocycles. The molecule has 1 atom stereocenters. The molecule has 0 fully saturated rings. The molecule has 0 aromatic heterocycles. The molecule has 136 valence electrons. The van der Waals surface area contributed by atoms with Crippen LogP contribution in [-0.2, 0) is 11.3 Å². The van der Waals surface area contributed by atoms with Crippen LogP contribution in [0.4, 0.5) is 8.78 Å². The number of amides is 1. The molecule has 2 aromatic carbocycles. The van der Waals surface area contributed by atoms with Gasteiger partial charge >= 0.3 is 0 Å². The number of benzene rings is 2. The van der Waals surface area contributed by atoms with Crippen LogP contribution in [0.3, 0.4) is 0 Å². The third-order valence-electron chi connectivity index (χ3n) is 4.53. The Kier molecular flexibility index (Phi) is 5.02. The molecule has 1 aliphatic carbocycles. The first-order valence-corrected chi connectivity index (χ1v) is 8.33. The summed E-state index contributed by atoms with van der Waals surface area (Å²) in [5, 5.41) is 0. The first kappa shape index (κ1) is 18.0. The van der Waals surface area contributed by atoms with Gasteiger partial charge in [0, 0.05) is 25.6 Å². The third kappa shape index (κ3) is 3.59. The predicted molar refractivity (Wildman–Crippen MR) is 92.1 cm³/mol. The van der Waals surface area contributed by atoms with Crippen molar-refractivity contribution in [2.24, 2.45) is 0 Å². The van der Waals surface area contributed by atoms with Crippen molar-refractivity contribution in [3.05, 3.63) is 64.7 Å². The quantitative estimate of drug-likeness (QED) is 0.818. The molecule has 0 unspecified atom stereocenters. The minimum absolute atomic E-state index is 0.172. The molecule has 0 saturated heterocycles. The van der Waals surface area contributed by atoms with Crippen LogP contribution in [0.1, 0.15) is 40.7 Å². The molecule has 26 heavy (non-hydrogen) atoms. The Labute approximate surface area is 150 Å². The summed E-state index contributed by atoms with van der Waals surface area (Å²) in [5.74, 6) is -1.20. The number of carbonyl (C=O) groups excluding carboxylic acids is 2. The van der Waals surface area contributed by atoms with E-state index in [9.17, 15) is 18.4 Å². The van der Waals surface area contributed by atoms with Crippen LogP contribution in [0.15, 0.2) is 36.4 Å². The van der Waals surface area contributed by atoms with Gasteiger partial charge in [-0.25, -0.2) is 8.78 Å². The number of likely N-dealkylation sites (N-methyl/N-ethyl adjacent to an activating group) is 1. The highest BCUT2D eigenvalue weighted by atomic mass is 19.1. The molecule has 0 saturated carbocycles. The number of ketones is 1. The van der Waals surface area contributed by atoms with Gasteiger partial charge in [-0.3, -0.25) is 9.59 Å². The lowest BCUT2D eigenvalue weighted by Gasteiger charge is -2.18. The third-order valence-corrected chi connectivity index (χ3v) is 4.53. The van der Waals surface area contributed by atoms with Crippen LogP contribution in [0, 0.1) is 11.6 Å². The molecule has 3 rings (SSSR count). The summed E-state index contributed by atoms with van der Waals surface area (Å²) in [4.78, 5) is 25.8. The molecule has 4 nitrogen and oxygen atoms in total. The van der Waals surface area contributed by atoms with E-state index >= 15 is 0 Å². The highest BCUT2D eigenvalue weighted by Gasteiger charge is 2.32. The zero-order valence-electron chi connectivity index (χ0n) is 14.6. The average molecular weight is 359 g/mol. The van der Waals surface area contributed by atoms with Gasteiger partial charge in [0.2, 0.25) is 0 Å². The van der Waals surface area contributed by atoms with E-state index in [2.05, 4.69) is 0 Å². The summed E-state index contributed by atoms with van der Waals surface area (Å²) >= 11 is 0. The van der Waals surface area contributed by atoms with E-state index in [4.69, 9.17) is 4.74 Å². The molecule has 0 radical (unpaired) electrons. The predicted octanol–water partition coefficient (Wildman–Crippen LogP) is 3.69. The Morgan fingerprint density at radius 1 is 1.19 bits per heavy atom. The lowest BCUT2D eigenvalue weighted by atomic mass is 10.0. The SMILES string of the molecule is C[C@@H]1CC(=O)c2c(OCC(=O)N(C)Cc3ccc(F)cc3)ccc(F)c21. The fourth-order valence-electron chi connectivity index (χ4n) is 3.15. The van der Waals surface area contributed by atoms with Crippen molar-refractivity contribution in [2.75, 3.05) is 13.7 Å². The lowest BCUT2D eigenvalue weighted by Crippen LogP contribution is -2.31. The number of hydrogen-bond acceptors (Lipinski definition) is 3. The number of hydrogen-bond donors (Lipinski definition) is 0. The zero-order chi connectivity index (χ0) is 18.8. The molecule has 0 spiro atoms. The largest absolute Gasteiger partial charge is 0.483 e. The summed E-state index contributed by atoms with van der Waals surface area (Å²) in [7, 11) is 1.61. The van der Waals surface area contributed by atoms with Gasteiger partial charge in [0.25, 0.3) is 5.91 Å². The number of halogens is 2. The van der Waals surface area contributed by atoms with Crippen molar-refractivity contribution in [3.63, 3.8) is 0 Å². The number of carbonyl (C=O) groups is 2. The topological polar surface area (TPSA) is 46.6 Å². The van der Waals surface area contributed by atoms with Crippen molar-refractivity contribution in [1.29, 1.82) is 0 Å². The molecule has 0 N–H and O–H groups in total. The van der Waals surface area contributed by atoms with Crippen molar-refractivity contribution in [3.8, 4) is 5.75 Å². The fraction of sp³-hybridized carbons (Fsp3) is 0.300. The molecule has 6 heteroatoms. The standard InChI is InChI=1S/C20H19F2NO3/c1-12-9-16(24)20-17(8-7-15(22)19(12)20)26-11-18(25)23(2)10-13-3-5-14(21)6-4-13/h3-8,12H,9-11H2,1-2H3/t12-/m1/s1. The van der Waals surface area contributed by atoms with Crippen LogP contribution >= 0.6 is 0 Å². The highest BCUT2D eigenvalue weighted by Crippen LogP contribution is 2.39. The number of nitrogens with zero attached hydrogens (tertiary/aromatic N) is 1. The van der Waals surface area contributed by atoms with Gasteiger partial charge < -0.3 is 9.64 Å². The molecular weight excluding hydrogens is 340 g/mol. The molecule has 1 aliphatic rings. The molecule has 1 amide bonds. The van der Waals surface area contributed by atoms with E-state index in [0.717, 1.165) is 5.56 Å². The Morgan fingerprint density at radius 3 is 2.58 bits per heavy atom. The summed E-state index contributed by atoms with van der Waals surface area (Å²) in [6, 6.07) is 8.52. The van der Waals surface area contributed by atoms with Crippen LogP contribution in [0.2, 0.25) is 0 Å². The van der Waals surface area contributed by atoms with Gasteiger partial charge in [0.05, 0.1) is 5.56 Å². The summed E-state index contributed by atoms with van der Waals surface area (Å²) in [6.45, 7) is 1.83. The van der Waals surface area contributed by atoms with E-state index in [1.807, 2.05) is 0 Å². The van der Waals surface area contributed by atoms with Crippen LogP contribution < -0.4 is 4.74 Å². The average Bonchev–Trinajstić information content (AvgIpc) is 2.91. The molecule has 0 heterocycles. The first-order chi connectivity index (χ1) is 12.4. The summed E-state index contributed by atoms with van der Waals surface area (Å²) in [6.07, 6.45) is 0.241. The smallest absolute Gasteiger partial charge is 0.260 e. The minimum Gasteiger partial charge on any atom is -0.483 e. The summed E-state index contributed by atoms with van der Waals surface area (Å²) < 4.78 is 32.4. The van der Waals surface area contributed by atoms with E-state index in [1.54, 1.807) is 26.1 Å². The van der Waals surface area contributed by atoms with Crippen molar-refractivity contribution >= 4 is 11.7 Å². The maximum absolute atomic E-state index is 14.0. The van der Waals surface area contributed by atoms with Crippen molar-refractivity contribution in [1.82, 2.24) is 4.90 Å². The number of Topliss-reactive ketones (excluding diaryl/α,β-unsaturated/α-hetero) is 1. The second-order valence-electron chi connectivity index (χ2n) is 6.53. The normalized spacial score (nSPS) is 15.7. The maximum atomic E-state index is 14.0. The van der Waals surface area contributed by atoms with Crippen LogP contribution in [0.25, 0.3) is 0 Å². The van der Waals surface area contributed by atoms with E-state index in [1.165, 1.54) is 29.2 Å². The Hall–Kier alpha value is -2.76. The van der Waals surface area contributed by atoms with Gasteiger partial charge in [-0.05, 0) is 35.7 Å². The van der Waals surface area contributed by atoms with E-state index in [-0.39, 0.29) is 47.8 Å². The zero-order valence-corrected chi connectivity index (χ0v) is 14.6. The Morgan fingerprint density at radius 2 is 1.88 bits per heavy atom. The Bertz CT molecular complexity index is 849. The maximum Gasteiger partial charge on any atom is 0.260 e. The molecule has 2 aromatic rings. The summed E-state index contributed by atoms with van der Waals surface area (Å²) in [5.41, 5.74) is 1.39. The number of rotatable bonds is 5. The Balaban J connectivity index is 1.67. The van der Waals surface area contributed by atoms with Gasteiger partial charge in [-0.15, -0.1) is 0 Å². The second kappa shape index (κ2) is 7.23. The van der Waals surface area contributed by atoms with Gasteiger partial charge in [0.15, 0.2) is 12.4 Å². The van der Waals surface area contributed by atoms with E-state index < -0.39 is 5.82 Å². The first-order valence-electron chi connectivity index (χ1n) is 8.33. The molecular formula is C20H19F2NO3. The van der Waals surface area contributed by atoms with Crippen molar-refractivity contribution < 1.29 is 23.1 Å². The van der Waals surface area contributed by atoms with Crippen molar-refractivity contribution in [2.45, 2.75) is 25.8 Å². The minimum atomic E-state index is -0.426. The fourth-order valence-corrected chi connectivity index (χ4v) is 3.15. The lowest BCUT2D eigenvalue weighted by molar-refractivity contribution is -0.132. The number of fused-ring (bicyclic) bond motifs is 1. The van der Waals surface area contributed by atoms with Gasteiger partial charge in [-0.1, -0.05) is 19.1 Å². The molecule has 0 bridgehead atoms. The van der Waals surface area contributed by atoms with Gasteiger partial charge in [-0.2, -0.15) is 0 Å². The van der Waals surface area contributed by atoms with E-state index in [0.29, 0.717) is 12.1 Å². The monoisotopic (exact) mass is 359 g/mol. The number of ether oxygens (including phenoxy) is 1. The van der Waals surface area contributed by atoms with Crippen LogP contribution in [0.5, 0.6) is 5.75 Å². The van der Waals surface area contributed by atoms with Crippen LogP contribution in [-0.4, -0.2) is 30.2 Å². The highest BCUT2D eigenvalue weighted by molar-refractivity contribution is 6.03.